The lowest BCUT2D eigenvalue weighted by molar-refractivity contribution is -0.129. The Labute approximate surface area is 178 Å². The molecule has 7 heteroatoms. The molecule has 4 aromatic rings. The van der Waals surface area contributed by atoms with Crippen LogP contribution in [0.2, 0.25) is 0 Å². The Bertz CT molecular complexity index is 1180. The van der Waals surface area contributed by atoms with E-state index in [1.165, 1.54) is 0 Å². The van der Waals surface area contributed by atoms with Crippen molar-refractivity contribution >= 4 is 33.3 Å². The van der Waals surface area contributed by atoms with Gasteiger partial charge in [0.2, 0.25) is 5.91 Å². The highest BCUT2D eigenvalue weighted by Gasteiger charge is 2.24. The normalized spacial score (nSPS) is 14.3. The predicted octanol–water partition coefficient (Wildman–Crippen LogP) is 4.09. The molecule has 1 amide bonds. The number of thiophene rings is 1. The number of aromatic nitrogens is 3. The van der Waals surface area contributed by atoms with E-state index in [1.807, 2.05) is 23.1 Å². The SMILES string of the molecule is CC(=O)N1CCN(c2nc(-c3cccnc3)nc3scc(-c4ccccc4)c23)CC1. The van der Waals surface area contributed by atoms with Crippen LogP contribution in [0.25, 0.3) is 32.7 Å². The summed E-state index contributed by atoms with van der Waals surface area (Å²) in [5, 5.41) is 3.24. The van der Waals surface area contributed by atoms with Crippen molar-refractivity contribution in [2.24, 2.45) is 0 Å². The number of piperazine rings is 1. The predicted molar refractivity (Wildman–Crippen MR) is 121 cm³/mol. The third-order valence-corrected chi connectivity index (χ3v) is 6.32. The Morgan fingerprint density at radius 3 is 2.43 bits per heavy atom. The molecule has 1 aliphatic rings. The average molecular weight is 416 g/mol. The highest BCUT2D eigenvalue weighted by atomic mass is 32.1. The maximum absolute atomic E-state index is 11.8. The van der Waals surface area contributed by atoms with Gasteiger partial charge in [-0.15, -0.1) is 11.3 Å². The number of rotatable bonds is 3. The minimum atomic E-state index is 0.124. The molecule has 0 atom stereocenters. The molecular formula is C23H21N5OS. The van der Waals surface area contributed by atoms with Crippen LogP contribution >= 0.6 is 11.3 Å². The highest BCUT2D eigenvalue weighted by Crippen LogP contribution is 2.39. The lowest BCUT2D eigenvalue weighted by Crippen LogP contribution is -2.48. The Kier molecular flexibility index (Phi) is 4.88. The van der Waals surface area contributed by atoms with Crippen molar-refractivity contribution in [3.8, 4) is 22.5 Å². The Morgan fingerprint density at radius 2 is 1.73 bits per heavy atom. The monoisotopic (exact) mass is 415 g/mol. The van der Waals surface area contributed by atoms with Crippen LogP contribution in [0, 0.1) is 0 Å². The molecule has 6 nitrogen and oxygen atoms in total. The molecule has 1 fully saturated rings. The minimum Gasteiger partial charge on any atom is -0.352 e. The number of fused-ring (bicyclic) bond motifs is 1. The molecule has 0 aliphatic carbocycles. The molecular weight excluding hydrogens is 394 g/mol. The van der Waals surface area contributed by atoms with Crippen molar-refractivity contribution < 1.29 is 4.79 Å². The first-order valence-electron chi connectivity index (χ1n) is 9.96. The second-order valence-electron chi connectivity index (χ2n) is 7.30. The molecule has 0 radical (unpaired) electrons. The minimum absolute atomic E-state index is 0.124. The summed E-state index contributed by atoms with van der Waals surface area (Å²) in [6, 6.07) is 14.2. The lowest BCUT2D eigenvalue weighted by atomic mass is 10.1. The Balaban J connectivity index is 1.65. The van der Waals surface area contributed by atoms with Gasteiger partial charge in [0, 0.05) is 62.0 Å². The van der Waals surface area contributed by atoms with Gasteiger partial charge in [-0.05, 0) is 17.7 Å². The zero-order chi connectivity index (χ0) is 20.5. The fourth-order valence-corrected chi connectivity index (χ4v) is 4.78. The average Bonchev–Trinajstić information content (AvgIpc) is 3.24. The number of nitrogens with zero attached hydrogens (tertiary/aromatic N) is 5. The summed E-state index contributed by atoms with van der Waals surface area (Å²) in [6.07, 6.45) is 3.55. The van der Waals surface area contributed by atoms with Crippen LogP contribution in [0.1, 0.15) is 6.92 Å². The van der Waals surface area contributed by atoms with Gasteiger partial charge in [0.15, 0.2) is 5.82 Å². The van der Waals surface area contributed by atoms with E-state index in [2.05, 4.69) is 39.5 Å². The molecule has 1 aliphatic heterocycles. The van der Waals surface area contributed by atoms with E-state index in [9.17, 15) is 4.79 Å². The van der Waals surface area contributed by atoms with Gasteiger partial charge in [-0.3, -0.25) is 9.78 Å². The first kappa shape index (κ1) is 18.7. The highest BCUT2D eigenvalue weighted by molar-refractivity contribution is 7.17. The molecule has 1 aromatic carbocycles. The molecule has 30 heavy (non-hydrogen) atoms. The van der Waals surface area contributed by atoms with Gasteiger partial charge in [0.1, 0.15) is 10.6 Å². The van der Waals surface area contributed by atoms with E-state index in [1.54, 1.807) is 30.7 Å². The van der Waals surface area contributed by atoms with Crippen LogP contribution in [-0.2, 0) is 4.79 Å². The smallest absolute Gasteiger partial charge is 0.219 e. The van der Waals surface area contributed by atoms with Crippen molar-refractivity contribution in [3.05, 3.63) is 60.2 Å². The number of benzene rings is 1. The van der Waals surface area contributed by atoms with Gasteiger partial charge in [0.25, 0.3) is 0 Å². The van der Waals surface area contributed by atoms with Gasteiger partial charge in [0.05, 0.1) is 5.39 Å². The summed E-state index contributed by atoms with van der Waals surface area (Å²) < 4.78 is 0. The molecule has 0 saturated carbocycles. The van der Waals surface area contributed by atoms with E-state index in [0.717, 1.165) is 45.8 Å². The van der Waals surface area contributed by atoms with Crippen LogP contribution in [0.3, 0.4) is 0 Å². The Morgan fingerprint density at radius 1 is 0.967 bits per heavy atom. The molecule has 0 unspecified atom stereocenters. The number of hydrogen-bond acceptors (Lipinski definition) is 6. The number of hydrogen-bond donors (Lipinski definition) is 0. The second kappa shape index (κ2) is 7.84. The van der Waals surface area contributed by atoms with E-state index in [4.69, 9.17) is 9.97 Å². The van der Waals surface area contributed by atoms with Crippen LogP contribution in [0.15, 0.2) is 60.2 Å². The number of pyridine rings is 1. The Hall–Kier alpha value is -3.32. The summed E-state index contributed by atoms with van der Waals surface area (Å²) in [5.41, 5.74) is 3.21. The first-order valence-corrected chi connectivity index (χ1v) is 10.8. The van der Waals surface area contributed by atoms with Crippen molar-refractivity contribution in [1.29, 1.82) is 0 Å². The number of anilines is 1. The van der Waals surface area contributed by atoms with Crippen LogP contribution in [0.5, 0.6) is 0 Å². The van der Waals surface area contributed by atoms with Gasteiger partial charge < -0.3 is 9.80 Å². The van der Waals surface area contributed by atoms with Crippen molar-refractivity contribution in [2.75, 3.05) is 31.1 Å². The van der Waals surface area contributed by atoms with Crippen molar-refractivity contribution in [2.45, 2.75) is 6.92 Å². The maximum atomic E-state index is 11.8. The quantitative estimate of drug-likeness (QED) is 0.504. The summed E-state index contributed by atoms with van der Waals surface area (Å²) in [4.78, 5) is 31.0. The summed E-state index contributed by atoms with van der Waals surface area (Å²) in [6.45, 7) is 4.54. The number of carbonyl (C=O) groups is 1. The molecule has 0 bridgehead atoms. The van der Waals surface area contributed by atoms with Crippen LogP contribution in [0.4, 0.5) is 5.82 Å². The molecule has 4 heterocycles. The largest absolute Gasteiger partial charge is 0.352 e. The van der Waals surface area contributed by atoms with E-state index in [-0.39, 0.29) is 5.91 Å². The van der Waals surface area contributed by atoms with Gasteiger partial charge in [-0.25, -0.2) is 9.97 Å². The third kappa shape index (κ3) is 3.41. The molecule has 0 spiro atoms. The molecule has 0 N–H and O–H groups in total. The van der Waals surface area contributed by atoms with Gasteiger partial charge >= 0.3 is 0 Å². The first-order chi connectivity index (χ1) is 14.7. The van der Waals surface area contributed by atoms with Gasteiger partial charge in [-0.2, -0.15) is 0 Å². The summed E-state index contributed by atoms with van der Waals surface area (Å²) in [7, 11) is 0. The summed E-state index contributed by atoms with van der Waals surface area (Å²) in [5.74, 6) is 1.74. The maximum Gasteiger partial charge on any atom is 0.219 e. The topological polar surface area (TPSA) is 62.2 Å². The molecule has 5 rings (SSSR count). The fourth-order valence-electron chi connectivity index (χ4n) is 3.84. The number of amides is 1. The van der Waals surface area contributed by atoms with E-state index < -0.39 is 0 Å². The lowest BCUT2D eigenvalue weighted by Gasteiger charge is -2.35. The summed E-state index contributed by atoms with van der Waals surface area (Å²) >= 11 is 1.64. The zero-order valence-electron chi connectivity index (χ0n) is 16.7. The van der Waals surface area contributed by atoms with Crippen LogP contribution < -0.4 is 4.90 Å². The van der Waals surface area contributed by atoms with Crippen molar-refractivity contribution in [1.82, 2.24) is 19.9 Å². The zero-order valence-corrected chi connectivity index (χ0v) is 17.5. The number of carbonyl (C=O) groups excluding carboxylic acids is 1. The van der Waals surface area contributed by atoms with Crippen molar-refractivity contribution in [3.63, 3.8) is 0 Å². The third-order valence-electron chi connectivity index (χ3n) is 5.44. The second-order valence-corrected chi connectivity index (χ2v) is 8.16. The molecule has 150 valence electrons. The standard InChI is InChI=1S/C23H21N5OS/c1-16(29)27-10-12-28(13-11-27)22-20-19(17-6-3-2-4-7-17)15-30-23(20)26-21(25-22)18-8-5-9-24-14-18/h2-9,14-15H,10-13H2,1H3. The van der Waals surface area contributed by atoms with Gasteiger partial charge in [-0.1, -0.05) is 30.3 Å². The fraction of sp³-hybridized carbons (Fsp3) is 0.217. The molecule has 1 saturated heterocycles. The molecule has 3 aromatic heterocycles. The van der Waals surface area contributed by atoms with Crippen LogP contribution in [-0.4, -0.2) is 51.9 Å². The van der Waals surface area contributed by atoms with E-state index >= 15 is 0 Å². The van der Waals surface area contributed by atoms with E-state index in [0.29, 0.717) is 18.9 Å².